The van der Waals surface area contributed by atoms with Crippen molar-refractivity contribution >= 4 is 11.7 Å². The smallest absolute Gasteiger partial charge is 0.372 e. The molecular weight excluding hydrogens is 355 g/mol. The van der Waals surface area contributed by atoms with Gasteiger partial charge in [-0.3, -0.25) is 19.3 Å². The second-order valence-electron chi connectivity index (χ2n) is 5.70. The minimum atomic E-state index is -4.69. The van der Waals surface area contributed by atoms with Gasteiger partial charge in [0.1, 0.15) is 5.69 Å². The maximum Gasteiger partial charge on any atom is 0.522 e. The Morgan fingerprint density at radius 3 is 3.00 bits per heavy atom. The Morgan fingerprint density at radius 2 is 2.31 bits per heavy atom. The van der Waals surface area contributed by atoms with Crippen molar-refractivity contribution in [2.75, 3.05) is 18.5 Å². The van der Waals surface area contributed by atoms with Crippen LogP contribution in [0.15, 0.2) is 12.1 Å². The summed E-state index contributed by atoms with van der Waals surface area (Å²) in [6.07, 6.45) is -2.09. The van der Waals surface area contributed by atoms with E-state index in [0.29, 0.717) is 18.1 Å². The van der Waals surface area contributed by atoms with Crippen molar-refractivity contribution in [3.8, 4) is 0 Å². The van der Waals surface area contributed by atoms with Gasteiger partial charge in [0.15, 0.2) is 5.82 Å². The summed E-state index contributed by atoms with van der Waals surface area (Å²) in [5.74, 6) is -0.149. The van der Waals surface area contributed by atoms with Gasteiger partial charge < -0.3 is 10.1 Å². The number of carbonyl (C=O) groups excluding carboxylic acids is 1. The molecule has 0 aliphatic carbocycles. The predicted octanol–water partition coefficient (Wildman–Crippen LogP) is 2.14. The SMILES string of the molecule is Cn1nc(CCOC(F)(F)F)cc1C(=O)Nc1cc([C@H]2C[CH]CO2)[nH]n1. The molecule has 1 aliphatic rings. The molecule has 1 fully saturated rings. The maximum atomic E-state index is 12.3. The van der Waals surface area contributed by atoms with Gasteiger partial charge in [-0.1, -0.05) is 0 Å². The zero-order chi connectivity index (χ0) is 18.7. The number of anilines is 1. The minimum absolute atomic E-state index is 0.0668. The van der Waals surface area contributed by atoms with Gasteiger partial charge in [-0.25, -0.2) is 0 Å². The number of aromatic nitrogens is 4. The second kappa shape index (κ2) is 7.46. The first kappa shape index (κ1) is 18.4. The average molecular weight is 372 g/mol. The third-order valence-electron chi connectivity index (χ3n) is 3.77. The number of aryl methyl sites for hydroxylation is 1. The summed E-state index contributed by atoms with van der Waals surface area (Å²) in [4.78, 5) is 12.3. The van der Waals surface area contributed by atoms with E-state index in [2.05, 4.69) is 25.3 Å². The van der Waals surface area contributed by atoms with E-state index < -0.39 is 18.9 Å². The third kappa shape index (κ3) is 4.61. The lowest BCUT2D eigenvalue weighted by Crippen LogP contribution is -2.16. The van der Waals surface area contributed by atoms with E-state index in [9.17, 15) is 18.0 Å². The number of hydrogen-bond donors (Lipinski definition) is 2. The Labute approximate surface area is 146 Å². The molecule has 1 saturated heterocycles. The van der Waals surface area contributed by atoms with Gasteiger partial charge >= 0.3 is 6.36 Å². The van der Waals surface area contributed by atoms with E-state index in [4.69, 9.17) is 4.74 Å². The number of alkyl halides is 3. The fourth-order valence-corrected chi connectivity index (χ4v) is 2.57. The summed E-state index contributed by atoms with van der Waals surface area (Å²) >= 11 is 0. The van der Waals surface area contributed by atoms with Crippen LogP contribution in [-0.4, -0.2) is 45.5 Å². The van der Waals surface area contributed by atoms with Crippen LogP contribution < -0.4 is 5.32 Å². The quantitative estimate of drug-likeness (QED) is 0.810. The van der Waals surface area contributed by atoms with Crippen LogP contribution in [0.3, 0.4) is 0 Å². The first-order chi connectivity index (χ1) is 12.3. The van der Waals surface area contributed by atoms with Crippen molar-refractivity contribution in [1.82, 2.24) is 20.0 Å². The number of ether oxygens (including phenoxy) is 2. The summed E-state index contributed by atoms with van der Waals surface area (Å²) in [5, 5.41) is 13.5. The molecule has 1 radical (unpaired) electrons. The highest BCUT2D eigenvalue weighted by Gasteiger charge is 2.29. The molecule has 0 spiro atoms. The van der Waals surface area contributed by atoms with Crippen LogP contribution in [0.2, 0.25) is 0 Å². The number of H-pyrrole nitrogens is 1. The molecule has 1 aliphatic heterocycles. The molecule has 2 N–H and O–H groups in total. The van der Waals surface area contributed by atoms with Gasteiger partial charge in [-0.2, -0.15) is 10.2 Å². The fraction of sp³-hybridized carbons (Fsp3) is 0.467. The van der Waals surface area contributed by atoms with Crippen LogP contribution >= 0.6 is 0 Å². The lowest BCUT2D eigenvalue weighted by molar-refractivity contribution is -0.324. The largest absolute Gasteiger partial charge is 0.522 e. The summed E-state index contributed by atoms with van der Waals surface area (Å²) < 4.78 is 46.5. The number of amides is 1. The monoisotopic (exact) mass is 372 g/mol. The zero-order valence-electron chi connectivity index (χ0n) is 13.8. The van der Waals surface area contributed by atoms with Gasteiger partial charge in [0.05, 0.1) is 30.7 Å². The van der Waals surface area contributed by atoms with E-state index in [1.807, 2.05) is 6.42 Å². The molecule has 141 valence electrons. The molecule has 0 unspecified atom stereocenters. The molecule has 1 atom stereocenters. The van der Waals surface area contributed by atoms with Crippen LogP contribution in [0, 0.1) is 6.42 Å². The van der Waals surface area contributed by atoms with Crippen LogP contribution in [0.5, 0.6) is 0 Å². The topological polar surface area (TPSA) is 94.1 Å². The Balaban J connectivity index is 1.59. The van der Waals surface area contributed by atoms with Crippen molar-refractivity contribution in [3.05, 3.63) is 35.6 Å². The molecule has 26 heavy (non-hydrogen) atoms. The highest BCUT2D eigenvalue weighted by Crippen LogP contribution is 2.27. The zero-order valence-corrected chi connectivity index (χ0v) is 13.8. The summed E-state index contributed by atoms with van der Waals surface area (Å²) in [6, 6.07) is 3.09. The molecule has 3 heterocycles. The van der Waals surface area contributed by atoms with E-state index in [1.165, 1.54) is 17.8 Å². The van der Waals surface area contributed by atoms with Crippen molar-refractivity contribution < 1.29 is 27.4 Å². The fourth-order valence-electron chi connectivity index (χ4n) is 2.57. The average Bonchev–Trinajstić information content (AvgIpc) is 3.26. The lowest BCUT2D eigenvalue weighted by Gasteiger charge is -2.05. The Kier molecular flexibility index (Phi) is 5.28. The first-order valence-corrected chi connectivity index (χ1v) is 7.85. The highest BCUT2D eigenvalue weighted by molar-refractivity contribution is 6.02. The van der Waals surface area contributed by atoms with E-state index >= 15 is 0 Å². The Hall–Kier alpha value is -2.40. The number of carbonyl (C=O) groups is 1. The van der Waals surface area contributed by atoms with Gasteiger partial charge in [0.2, 0.25) is 0 Å². The van der Waals surface area contributed by atoms with Crippen molar-refractivity contribution in [3.63, 3.8) is 0 Å². The van der Waals surface area contributed by atoms with Gasteiger partial charge in [0.25, 0.3) is 5.91 Å². The van der Waals surface area contributed by atoms with Crippen LogP contribution in [-0.2, 0) is 22.9 Å². The molecule has 2 aromatic rings. The summed E-state index contributed by atoms with van der Waals surface area (Å²) in [5.41, 5.74) is 1.27. The molecule has 0 bridgehead atoms. The van der Waals surface area contributed by atoms with Crippen LogP contribution in [0.25, 0.3) is 0 Å². The minimum Gasteiger partial charge on any atom is -0.372 e. The summed E-state index contributed by atoms with van der Waals surface area (Å²) in [7, 11) is 1.53. The summed E-state index contributed by atoms with van der Waals surface area (Å²) in [6.45, 7) is 0.00390. The maximum absolute atomic E-state index is 12.3. The number of halogens is 3. The molecule has 8 nitrogen and oxygen atoms in total. The molecule has 1 amide bonds. The molecule has 11 heteroatoms. The molecular formula is C15H17F3N5O3. The van der Waals surface area contributed by atoms with E-state index in [1.54, 1.807) is 6.07 Å². The molecule has 0 aromatic carbocycles. The number of aromatic amines is 1. The van der Waals surface area contributed by atoms with Crippen molar-refractivity contribution in [2.45, 2.75) is 25.3 Å². The van der Waals surface area contributed by atoms with Gasteiger partial charge in [-0.15, -0.1) is 13.2 Å². The molecule has 2 aromatic heterocycles. The molecule has 3 rings (SSSR count). The number of hydrogen-bond acceptors (Lipinski definition) is 5. The first-order valence-electron chi connectivity index (χ1n) is 7.85. The van der Waals surface area contributed by atoms with E-state index in [-0.39, 0.29) is 18.2 Å². The third-order valence-corrected chi connectivity index (χ3v) is 3.77. The Morgan fingerprint density at radius 1 is 1.50 bits per heavy atom. The lowest BCUT2D eigenvalue weighted by atomic mass is 10.2. The predicted molar refractivity (Wildman–Crippen MR) is 83.1 cm³/mol. The normalized spacial score (nSPS) is 17.6. The van der Waals surface area contributed by atoms with Crippen LogP contribution in [0.4, 0.5) is 19.0 Å². The number of rotatable bonds is 6. The second-order valence-corrected chi connectivity index (χ2v) is 5.70. The van der Waals surface area contributed by atoms with Crippen molar-refractivity contribution in [1.29, 1.82) is 0 Å². The van der Waals surface area contributed by atoms with E-state index in [0.717, 1.165) is 12.1 Å². The number of nitrogens with one attached hydrogen (secondary N) is 2. The Bertz CT molecular complexity index is 765. The number of nitrogens with zero attached hydrogens (tertiary/aromatic N) is 3. The van der Waals surface area contributed by atoms with Gasteiger partial charge in [-0.05, 0) is 18.9 Å². The standard InChI is InChI=1S/C15H17F3N5O3/c1-23-11(7-9(22-23)4-6-26-15(16,17)18)14(24)19-13-8-10(20-21-13)12-3-2-5-25-12/h2,7-8,12H,3-6H2,1H3,(H2,19,20,21,24)/t12-/m1/s1. The van der Waals surface area contributed by atoms with Gasteiger partial charge in [0, 0.05) is 19.5 Å². The van der Waals surface area contributed by atoms with Crippen LogP contribution in [0.1, 0.15) is 34.4 Å². The van der Waals surface area contributed by atoms with Crippen molar-refractivity contribution in [2.24, 2.45) is 7.05 Å². The molecule has 0 saturated carbocycles. The highest BCUT2D eigenvalue weighted by atomic mass is 19.4.